The first kappa shape index (κ1) is 16.4. The van der Waals surface area contributed by atoms with Crippen LogP contribution in [-0.4, -0.2) is 4.98 Å². The zero-order chi connectivity index (χ0) is 17.4. The second kappa shape index (κ2) is 5.67. The molecule has 0 saturated carbocycles. The van der Waals surface area contributed by atoms with Crippen molar-refractivity contribution in [3.05, 3.63) is 50.3 Å². The molecule has 0 fully saturated rings. The van der Waals surface area contributed by atoms with Crippen molar-refractivity contribution >= 4 is 17.4 Å². The average molecular weight is 339 g/mol. The molecular weight excluding hydrogens is 333 g/mol. The lowest BCUT2D eigenvalue weighted by Crippen LogP contribution is -2.16. The summed E-state index contributed by atoms with van der Waals surface area (Å²) in [7, 11) is 0. The zero-order valence-electron chi connectivity index (χ0n) is 11.1. The fourth-order valence-electron chi connectivity index (χ4n) is 2.03. The van der Waals surface area contributed by atoms with Crippen molar-refractivity contribution in [2.24, 2.45) is 0 Å². The Morgan fingerprint density at radius 2 is 1.78 bits per heavy atom. The van der Waals surface area contributed by atoms with Crippen molar-refractivity contribution in [3.63, 3.8) is 0 Å². The molecule has 116 valence electrons. The molecule has 9 heteroatoms. The normalized spacial score (nSPS) is 10.9. The Labute approximate surface area is 132 Å². The Morgan fingerprint density at radius 3 is 2.26 bits per heavy atom. The van der Waals surface area contributed by atoms with Gasteiger partial charge in [0.1, 0.15) is 29.1 Å². The SMILES string of the molecule is N#Cc1c(N)[nH]c(=O)c(C#N)c1-c1ccc(C(F)(F)F)c(Cl)c1. The van der Waals surface area contributed by atoms with Crippen LogP contribution < -0.4 is 11.3 Å². The number of nitrogens with one attached hydrogen (secondary N) is 1. The van der Waals surface area contributed by atoms with E-state index < -0.39 is 27.9 Å². The molecule has 2 rings (SSSR count). The maximum atomic E-state index is 12.7. The average Bonchev–Trinajstić information content (AvgIpc) is 2.45. The first-order chi connectivity index (χ1) is 10.7. The van der Waals surface area contributed by atoms with Gasteiger partial charge in [-0.3, -0.25) is 4.79 Å². The van der Waals surface area contributed by atoms with E-state index in [1.165, 1.54) is 0 Å². The molecule has 2 aromatic rings. The van der Waals surface area contributed by atoms with Gasteiger partial charge in [0.05, 0.1) is 10.6 Å². The molecule has 5 nitrogen and oxygen atoms in total. The molecule has 0 aliphatic heterocycles. The standard InChI is InChI=1S/C14H6ClF3N4O/c15-10-3-6(1-2-9(10)14(16,17)18)11-7(4-19)12(21)22-13(23)8(11)5-20/h1-3H,(H3,21,22,23). The molecule has 0 unspecified atom stereocenters. The lowest BCUT2D eigenvalue weighted by molar-refractivity contribution is -0.137. The van der Waals surface area contributed by atoms with Crippen molar-refractivity contribution in [1.82, 2.24) is 4.98 Å². The van der Waals surface area contributed by atoms with Gasteiger partial charge < -0.3 is 10.7 Å². The van der Waals surface area contributed by atoms with Gasteiger partial charge in [0.2, 0.25) is 0 Å². The molecule has 0 radical (unpaired) electrons. The summed E-state index contributed by atoms with van der Waals surface area (Å²) in [4.78, 5) is 13.9. The molecule has 0 saturated heterocycles. The minimum absolute atomic E-state index is 0.00824. The number of nitrogens with two attached hydrogens (primary N) is 1. The summed E-state index contributed by atoms with van der Waals surface area (Å²) in [6, 6.07) is 5.98. The van der Waals surface area contributed by atoms with Gasteiger partial charge in [-0.15, -0.1) is 0 Å². The van der Waals surface area contributed by atoms with Gasteiger partial charge in [-0.2, -0.15) is 23.7 Å². The van der Waals surface area contributed by atoms with Gasteiger partial charge in [0.15, 0.2) is 0 Å². The summed E-state index contributed by atoms with van der Waals surface area (Å²) in [5.41, 5.74) is 2.79. The van der Waals surface area contributed by atoms with Gasteiger partial charge in [-0.25, -0.2) is 0 Å². The predicted octanol–water partition coefficient (Wildman–Crippen LogP) is 3.04. The second-order valence-corrected chi connectivity index (χ2v) is 4.82. The Bertz CT molecular complexity index is 935. The third-order valence-electron chi connectivity index (χ3n) is 3.03. The van der Waals surface area contributed by atoms with Gasteiger partial charge in [0.25, 0.3) is 5.56 Å². The van der Waals surface area contributed by atoms with Crippen molar-refractivity contribution in [2.75, 3.05) is 5.73 Å². The molecule has 0 spiro atoms. The van der Waals surface area contributed by atoms with Crippen LogP contribution in [0, 0.1) is 22.7 Å². The van der Waals surface area contributed by atoms with Crippen molar-refractivity contribution in [1.29, 1.82) is 10.5 Å². The number of rotatable bonds is 1. The smallest absolute Gasteiger partial charge is 0.384 e. The molecule has 1 aromatic heterocycles. The highest BCUT2D eigenvalue weighted by molar-refractivity contribution is 6.31. The van der Waals surface area contributed by atoms with E-state index in [1.54, 1.807) is 12.1 Å². The van der Waals surface area contributed by atoms with Crippen LogP contribution in [0.25, 0.3) is 11.1 Å². The largest absolute Gasteiger partial charge is 0.417 e. The molecule has 3 N–H and O–H groups in total. The van der Waals surface area contributed by atoms with Crippen LogP contribution in [0.5, 0.6) is 0 Å². The van der Waals surface area contributed by atoms with Crippen molar-refractivity contribution in [2.45, 2.75) is 6.18 Å². The number of aromatic nitrogens is 1. The Balaban J connectivity index is 2.84. The summed E-state index contributed by atoms with van der Waals surface area (Å²) in [5.74, 6) is -0.289. The molecule has 1 aromatic carbocycles. The van der Waals surface area contributed by atoms with Gasteiger partial charge in [-0.05, 0) is 17.7 Å². The highest BCUT2D eigenvalue weighted by Gasteiger charge is 2.33. The number of H-pyrrole nitrogens is 1. The molecule has 0 bridgehead atoms. The lowest BCUT2D eigenvalue weighted by atomic mass is 9.96. The number of nitrogen functional groups attached to an aromatic ring is 1. The number of halogens is 4. The number of nitriles is 2. The summed E-state index contributed by atoms with van der Waals surface area (Å²) >= 11 is 5.63. The number of hydrogen-bond donors (Lipinski definition) is 2. The monoisotopic (exact) mass is 338 g/mol. The number of hydrogen-bond acceptors (Lipinski definition) is 4. The fourth-order valence-corrected chi connectivity index (χ4v) is 2.32. The van der Waals surface area contributed by atoms with E-state index in [0.29, 0.717) is 6.07 Å². The molecule has 0 amide bonds. The van der Waals surface area contributed by atoms with E-state index >= 15 is 0 Å². The van der Waals surface area contributed by atoms with E-state index in [4.69, 9.17) is 27.9 Å². The number of alkyl halides is 3. The molecule has 0 aliphatic carbocycles. The second-order valence-electron chi connectivity index (χ2n) is 4.41. The topological polar surface area (TPSA) is 106 Å². The number of pyridine rings is 1. The zero-order valence-corrected chi connectivity index (χ0v) is 11.9. The quantitative estimate of drug-likeness (QED) is 0.833. The predicted molar refractivity (Wildman–Crippen MR) is 76.4 cm³/mol. The van der Waals surface area contributed by atoms with E-state index in [2.05, 4.69) is 4.98 Å². The number of anilines is 1. The Hall–Kier alpha value is -2.97. The third-order valence-corrected chi connectivity index (χ3v) is 3.34. The van der Waals surface area contributed by atoms with E-state index in [0.717, 1.165) is 12.1 Å². The molecule has 0 atom stereocenters. The number of benzene rings is 1. The van der Waals surface area contributed by atoms with Gasteiger partial charge in [0, 0.05) is 5.56 Å². The van der Waals surface area contributed by atoms with E-state index in [1.807, 2.05) is 0 Å². The van der Waals surface area contributed by atoms with Crippen LogP contribution in [0.1, 0.15) is 16.7 Å². The summed E-state index contributed by atoms with van der Waals surface area (Å²) < 4.78 is 38.2. The first-order valence-corrected chi connectivity index (χ1v) is 6.31. The highest BCUT2D eigenvalue weighted by atomic mass is 35.5. The van der Waals surface area contributed by atoms with Crippen LogP contribution in [0.2, 0.25) is 5.02 Å². The maximum Gasteiger partial charge on any atom is 0.417 e. The third kappa shape index (κ3) is 2.85. The summed E-state index contributed by atoms with van der Waals surface area (Å²) in [5, 5.41) is 17.6. The lowest BCUT2D eigenvalue weighted by Gasteiger charge is -2.12. The molecule has 23 heavy (non-hydrogen) atoms. The Kier molecular flexibility index (Phi) is 4.04. The summed E-state index contributed by atoms with van der Waals surface area (Å²) in [6.45, 7) is 0. The first-order valence-electron chi connectivity index (χ1n) is 5.93. The summed E-state index contributed by atoms with van der Waals surface area (Å²) in [6.07, 6.45) is -4.65. The highest BCUT2D eigenvalue weighted by Crippen LogP contribution is 2.38. The Morgan fingerprint density at radius 1 is 1.17 bits per heavy atom. The van der Waals surface area contributed by atoms with E-state index in [9.17, 15) is 18.0 Å². The molecule has 0 aliphatic rings. The minimum Gasteiger partial charge on any atom is -0.384 e. The maximum absolute atomic E-state index is 12.7. The van der Waals surface area contributed by atoms with Crippen molar-refractivity contribution < 1.29 is 13.2 Å². The minimum atomic E-state index is -4.65. The van der Waals surface area contributed by atoms with Crippen LogP contribution in [0.4, 0.5) is 19.0 Å². The van der Waals surface area contributed by atoms with Crippen LogP contribution in [0.3, 0.4) is 0 Å². The van der Waals surface area contributed by atoms with Gasteiger partial charge >= 0.3 is 6.18 Å². The van der Waals surface area contributed by atoms with Crippen molar-refractivity contribution in [3.8, 4) is 23.3 Å². The van der Waals surface area contributed by atoms with E-state index in [-0.39, 0.29) is 22.5 Å². The van der Waals surface area contributed by atoms with Crippen LogP contribution >= 0.6 is 11.6 Å². The van der Waals surface area contributed by atoms with Gasteiger partial charge in [-0.1, -0.05) is 17.7 Å². The molecule has 1 heterocycles. The fraction of sp³-hybridized carbons (Fsp3) is 0.0714. The molecular formula is C14H6ClF3N4O. The number of nitrogens with zero attached hydrogens (tertiary/aromatic N) is 2. The number of aromatic amines is 1. The van der Waals surface area contributed by atoms with Crippen LogP contribution in [-0.2, 0) is 6.18 Å². The van der Waals surface area contributed by atoms with Crippen LogP contribution in [0.15, 0.2) is 23.0 Å².